The minimum atomic E-state index is -0.460. The van der Waals surface area contributed by atoms with Crippen molar-refractivity contribution in [3.05, 3.63) is 0 Å². The summed E-state index contributed by atoms with van der Waals surface area (Å²) in [7, 11) is 0. The highest BCUT2D eigenvalue weighted by Crippen LogP contribution is 2.67. The molecule has 0 amide bonds. The summed E-state index contributed by atoms with van der Waals surface area (Å²) in [5.41, 5.74) is -0.112. The van der Waals surface area contributed by atoms with Gasteiger partial charge in [0.2, 0.25) is 0 Å². The number of halogens is 1. The molecule has 3 heteroatoms. The first-order valence-corrected chi connectivity index (χ1v) is 6.88. The lowest BCUT2D eigenvalue weighted by molar-refractivity contribution is -0.0996. The molecule has 17 heavy (non-hydrogen) atoms. The number of rotatable bonds is 1. The van der Waals surface area contributed by atoms with Gasteiger partial charge in [-0.25, -0.2) is 0 Å². The maximum atomic E-state index is 9.23. The molecule has 0 radical (unpaired) electrons. The molecule has 0 heterocycles. The number of hydrogen-bond donors (Lipinski definition) is 0. The van der Waals surface area contributed by atoms with Crippen LogP contribution >= 0.6 is 11.6 Å². The normalized spacial score (nSPS) is 51.2. The van der Waals surface area contributed by atoms with Crippen molar-refractivity contribution in [2.45, 2.75) is 43.9 Å². The summed E-state index contributed by atoms with van der Waals surface area (Å²) in [6, 6.07) is 4.46. The fraction of sp³-hybridized carbons (Fsp3) is 0.857. The molecule has 5 atom stereocenters. The van der Waals surface area contributed by atoms with Gasteiger partial charge in [-0.1, -0.05) is 6.92 Å². The summed E-state index contributed by atoms with van der Waals surface area (Å²) in [5.74, 6) is 1.25. The van der Waals surface area contributed by atoms with Gasteiger partial charge < -0.3 is 0 Å². The first kappa shape index (κ1) is 11.4. The van der Waals surface area contributed by atoms with E-state index in [-0.39, 0.29) is 10.3 Å². The molecule has 4 saturated carbocycles. The first-order valence-electron chi connectivity index (χ1n) is 6.50. The number of nitriles is 2. The zero-order valence-electron chi connectivity index (χ0n) is 10.1. The molecule has 4 bridgehead atoms. The van der Waals surface area contributed by atoms with Crippen LogP contribution in [0.3, 0.4) is 0 Å². The maximum absolute atomic E-state index is 9.23. The Hall–Kier alpha value is -0.730. The summed E-state index contributed by atoms with van der Waals surface area (Å²) in [4.78, 5) is -0.00846. The molecular formula is C14H17ClN2. The van der Waals surface area contributed by atoms with Crippen LogP contribution < -0.4 is 0 Å². The molecule has 0 aromatic heterocycles. The van der Waals surface area contributed by atoms with Crippen LogP contribution in [0.15, 0.2) is 0 Å². The van der Waals surface area contributed by atoms with Crippen molar-refractivity contribution in [2.24, 2.45) is 29.1 Å². The monoisotopic (exact) mass is 248 g/mol. The molecule has 0 aromatic carbocycles. The zero-order chi connectivity index (χ0) is 12.3. The van der Waals surface area contributed by atoms with Crippen LogP contribution in [0.25, 0.3) is 0 Å². The minimum Gasteiger partial charge on any atom is -0.197 e. The SMILES string of the molecule is CC1(C(C#N)C#N)[C@@H]2CC3C[C@H]1CC(Cl)(C3)C2. The smallest absolute Gasteiger partial charge is 0.139 e. The molecule has 4 fully saturated rings. The van der Waals surface area contributed by atoms with Crippen LogP contribution in [0, 0.1) is 51.7 Å². The average Bonchev–Trinajstić information content (AvgIpc) is 2.25. The Labute approximate surface area is 108 Å². The lowest BCUT2D eigenvalue weighted by Gasteiger charge is -2.63. The van der Waals surface area contributed by atoms with E-state index in [4.69, 9.17) is 11.6 Å². The van der Waals surface area contributed by atoms with Gasteiger partial charge in [-0.05, 0) is 49.9 Å². The number of hydrogen-bond acceptors (Lipinski definition) is 2. The summed E-state index contributed by atoms with van der Waals surface area (Å²) in [6.07, 6.45) is 5.54. The Morgan fingerprint density at radius 2 is 1.65 bits per heavy atom. The van der Waals surface area contributed by atoms with Gasteiger partial charge in [0.1, 0.15) is 5.92 Å². The quantitative estimate of drug-likeness (QED) is 0.667. The molecule has 4 rings (SSSR count). The van der Waals surface area contributed by atoms with Crippen molar-refractivity contribution in [2.75, 3.05) is 0 Å². The standard InChI is InChI=1S/C14H17ClN2/c1-13(12(7-16)8-17)10-2-9-3-11(13)6-14(15,4-9)5-10/h9-12H,2-6H2,1H3/t9?,10-,11+,13?,14?. The largest absolute Gasteiger partial charge is 0.197 e. The van der Waals surface area contributed by atoms with Crippen LogP contribution in [0.5, 0.6) is 0 Å². The topological polar surface area (TPSA) is 47.6 Å². The highest BCUT2D eigenvalue weighted by molar-refractivity contribution is 6.24. The van der Waals surface area contributed by atoms with E-state index in [1.54, 1.807) is 0 Å². The van der Waals surface area contributed by atoms with Crippen LogP contribution in [-0.4, -0.2) is 4.87 Å². The zero-order valence-corrected chi connectivity index (χ0v) is 10.9. The molecule has 2 nitrogen and oxygen atoms in total. The van der Waals surface area contributed by atoms with Gasteiger partial charge in [0.15, 0.2) is 0 Å². The predicted octanol–water partition coefficient (Wildman–Crippen LogP) is 3.47. The lowest BCUT2D eigenvalue weighted by atomic mass is 9.43. The van der Waals surface area contributed by atoms with E-state index in [1.165, 1.54) is 12.8 Å². The third-order valence-corrected chi connectivity index (χ3v) is 6.22. The van der Waals surface area contributed by atoms with Crippen molar-refractivity contribution in [3.8, 4) is 12.1 Å². The van der Waals surface area contributed by atoms with E-state index in [1.807, 2.05) is 0 Å². The second-order valence-electron chi connectivity index (χ2n) is 6.55. The molecule has 4 aliphatic rings. The van der Waals surface area contributed by atoms with Crippen LogP contribution in [-0.2, 0) is 0 Å². The molecule has 0 saturated heterocycles. The highest BCUT2D eigenvalue weighted by Gasteiger charge is 2.62. The number of nitrogens with zero attached hydrogens (tertiary/aromatic N) is 2. The second kappa shape index (κ2) is 3.39. The Morgan fingerprint density at radius 1 is 1.12 bits per heavy atom. The van der Waals surface area contributed by atoms with E-state index in [2.05, 4.69) is 19.1 Å². The summed E-state index contributed by atoms with van der Waals surface area (Å²) in [6.45, 7) is 2.16. The molecular weight excluding hydrogens is 232 g/mol. The van der Waals surface area contributed by atoms with Crippen molar-refractivity contribution < 1.29 is 0 Å². The van der Waals surface area contributed by atoms with Crippen LogP contribution in [0.1, 0.15) is 39.0 Å². The summed E-state index contributed by atoms with van der Waals surface area (Å²) >= 11 is 6.68. The molecule has 3 unspecified atom stereocenters. The van der Waals surface area contributed by atoms with E-state index in [0.29, 0.717) is 11.8 Å². The third-order valence-electron chi connectivity index (χ3n) is 5.75. The predicted molar refractivity (Wildman–Crippen MR) is 65.0 cm³/mol. The molecule has 90 valence electrons. The van der Waals surface area contributed by atoms with Gasteiger partial charge in [0.05, 0.1) is 12.1 Å². The fourth-order valence-electron chi connectivity index (χ4n) is 4.94. The van der Waals surface area contributed by atoms with Gasteiger partial charge >= 0.3 is 0 Å². The Balaban J connectivity index is 2.00. The van der Waals surface area contributed by atoms with Gasteiger partial charge in [-0.15, -0.1) is 11.6 Å². The molecule has 0 spiro atoms. The molecule has 4 aliphatic carbocycles. The third kappa shape index (κ3) is 1.37. The van der Waals surface area contributed by atoms with Gasteiger partial charge in [-0.2, -0.15) is 10.5 Å². The van der Waals surface area contributed by atoms with Gasteiger partial charge in [-0.3, -0.25) is 0 Å². The Bertz CT molecular complexity index is 400. The number of alkyl halides is 1. The van der Waals surface area contributed by atoms with Crippen LogP contribution in [0.2, 0.25) is 0 Å². The van der Waals surface area contributed by atoms with Crippen molar-refractivity contribution in [1.82, 2.24) is 0 Å². The van der Waals surface area contributed by atoms with Crippen LogP contribution in [0.4, 0.5) is 0 Å². The second-order valence-corrected chi connectivity index (χ2v) is 7.35. The Morgan fingerprint density at radius 3 is 2.06 bits per heavy atom. The van der Waals surface area contributed by atoms with Crippen molar-refractivity contribution in [1.29, 1.82) is 10.5 Å². The maximum Gasteiger partial charge on any atom is 0.139 e. The highest BCUT2D eigenvalue weighted by atomic mass is 35.5. The molecule has 0 aromatic rings. The Kier molecular flexibility index (Phi) is 2.27. The minimum absolute atomic E-state index is 0.00846. The van der Waals surface area contributed by atoms with E-state index in [9.17, 15) is 10.5 Å². The molecule has 0 aliphatic heterocycles. The van der Waals surface area contributed by atoms with E-state index < -0.39 is 5.92 Å². The first-order chi connectivity index (χ1) is 8.02. The fourth-order valence-corrected chi connectivity index (χ4v) is 5.54. The van der Waals surface area contributed by atoms with Crippen molar-refractivity contribution in [3.63, 3.8) is 0 Å². The lowest BCUT2D eigenvalue weighted by Crippen LogP contribution is -2.59. The molecule has 0 N–H and O–H groups in total. The average molecular weight is 249 g/mol. The summed E-state index contributed by atoms with van der Waals surface area (Å²) in [5, 5.41) is 18.5. The van der Waals surface area contributed by atoms with E-state index >= 15 is 0 Å². The van der Waals surface area contributed by atoms with Gasteiger partial charge in [0, 0.05) is 10.3 Å². The van der Waals surface area contributed by atoms with Gasteiger partial charge in [0.25, 0.3) is 0 Å². The summed E-state index contributed by atoms with van der Waals surface area (Å²) < 4.78 is 0. The van der Waals surface area contributed by atoms with Crippen molar-refractivity contribution >= 4 is 11.6 Å². The van der Waals surface area contributed by atoms with E-state index in [0.717, 1.165) is 25.2 Å².